The third-order valence-electron chi connectivity index (χ3n) is 5.66. The quantitative estimate of drug-likeness (QED) is 0.121. The number of para-hydroxylation sites is 1. The van der Waals surface area contributed by atoms with Crippen LogP contribution in [-0.2, 0) is 9.59 Å². The number of allylic oxidation sites excluding steroid dienone is 1. The molecule has 0 aromatic heterocycles. The summed E-state index contributed by atoms with van der Waals surface area (Å²) in [6.07, 6.45) is 4.33. The van der Waals surface area contributed by atoms with Gasteiger partial charge in [0.2, 0.25) is 5.91 Å². The molecule has 36 heavy (non-hydrogen) atoms. The van der Waals surface area contributed by atoms with Crippen molar-refractivity contribution < 1.29 is 18.7 Å². The smallest absolute Gasteiger partial charge is 0.245 e. The zero-order valence-electron chi connectivity index (χ0n) is 20.7. The number of hydrazone groups is 1. The van der Waals surface area contributed by atoms with Crippen molar-refractivity contribution in [1.82, 2.24) is 10.3 Å². The van der Waals surface area contributed by atoms with Gasteiger partial charge in [-0.25, -0.2) is 4.39 Å². The number of benzene rings is 2. The third kappa shape index (κ3) is 8.26. The van der Waals surface area contributed by atoms with E-state index in [1.807, 2.05) is 6.92 Å². The number of rotatable bonds is 9. The normalized spacial score (nSPS) is 15.8. The van der Waals surface area contributed by atoms with E-state index in [0.29, 0.717) is 48.8 Å². The van der Waals surface area contributed by atoms with E-state index in [1.54, 1.807) is 54.4 Å². The molecule has 0 unspecified atom stereocenters. The molecule has 0 aliphatic carbocycles. The molecule has 1 atom stereocenters. The van der Waals surface area contributed by atoms with E-state index in [9.17, 15) is 14.0 Å². The largest absolute Gasteiger partial charge is 0.454 e. The maximum absolute atomic E-state index is 13.2. The van der Waals surface area contributed by atoms with Crippen LogP contribution in [0.15, 0.2) is 77.4 Å². The van der Waals surface area contributed by atoms with E-state index in [1.165, 1.54) is 12.1 Å². The van der Waals surface area contributed by atoms with Crippen molar-refractivity contribution in [2.24, 2.45) is 16.8 Å². The number of nitrogens with one attached hydrogen (secondary N) is 1. The van der Waals surface area contributed by atoms with Gasteiger partial charge in [-0.05, 0) is 73.2 Å². The molecule has 3 rings (SSSR count). The number of amidine groups is 1. The second-order valence-electron chi connectivity index (χ2n) is 8.14. The number of halogens is 1. The highest BCUT2D eigenvalue weighted by Crippen LogP contribution is 2.26. The number of amides is 1. The summed E-state index contributed by atoms with van der Waals surface area (Å²) in [6, 6.07) is 13.1. The van der Waals surface area contributed by atoms with Gasteiger partial charge in [-0.1, -0.05) is 25.6 Å². The van der Waals surface area contributed by atoms with Gasteiger partial charge in [-0.3, -0.25) is 9.59 Å². The Morgan fingerprint density at radius 3 is 2.56 bits per heavy atom. The van der Waals surface area contributed by atoms with Crippen LogP contribution < -0.4 is 21.6 Å². The minimum atomic E-state index is -0.380. The molecule has 2 aromatic carbocycles. The molecule has 1 aliphatic heterocycles. The molecule has 5 N–H and O–H groups in total. The minimum Gasteiger partial charge on any atom is -0.454 e. The topological polar surface area (TPSA) is 123 Å². The molecule has 1 aliphatic rings. The number of hydrogen-bond acceptors (Lipinski definition) is 6. The van der Waals surface area contributed by atoms with E-state index in [-0.39, 0.29) is 23.4 Å². The number of carbonyl (C=O) groups is 2. The molecule has 1 heterocycles. The summed E-state index contributed by atoms with van der Waals surface area (Å²) in [5.74, 6) is 0.975. The van der Waals surface area contributed by atoms with Gasteiger partial charge in [0.05, 0.1) is 0 Å². The Labute approximate surface area is 211 Å². The monoisotopic (exact) mass is 495 g/mol. The highest BCUT2D eigenvalue weighted by atomic mass is 19.1. The van der Waals surface area contributed by atoms with Crippen LogP contribution in [0, 0.1) is 11.7 Å². The maximum Gasteiger partial charge on any atom is 0.245 e. The lowest BCUT2D eigenvalue weighted by Gasteiger charge is -2.16. The van der Waals surface area contributed by atoms with Crippen molar-refractivity contribution in [2.45, 2.75) is 26.2 Å². The van der Waals surface area contributed by atoms with Crippen LogP contribution in [0.2, 0.25) is 0 Å². The maximum atomic E-state index is 13.2. The molecule has 0 bridgehead atoms. The molecule has 1 saturated heterocycles. The Balaban J connectivity index is 0.000000267. The first-order valence-electron chi connectivity index (χ1n) is 11.7. The van der Waals surface area contributed by atoms with E-state index < -0.39 is 0 Å². The van der Waals surface area contributed by atoms with Crippen LogP contribution in [0.5, 0.6) is 11.5 Å². The van der Waals surface area contributed by atoms with Crippen LogP contribution in [-0.4, -0.2) is 43.1 Å². The molecule has 1 amide bonds. The molecule has 9 heteroatoms. The van der Waals surface area contributed by atoms with Gasteiger partial charge in [-0.15, -0.1) is 0 Å². The molecule has 192 valence electrons. The number of nitrogens with two attached hydrogens (primary N) is 2. The summed E-state index contributed by atoms with van der Waals surface area (Å²) >= 11 is 0. The van der Waals surface area contributed by atoms with E-state index in [4.69, 9.17) is 16.2 Å². The SMILES string of the molecule is C=CC(=O)N1CC[C@H](CC(=C(/C=O)CC)/C(N)=N\NC)C1.Nc1ccc(Oc2ccccc2F)cc1. The zero-order valence-corrected chi connectivity index (χ0v) is 20.7. The molecule has 8 nitrogen and oxygen atoms in total. The second kappa shape index (κ2) is 14.3. The minimum absolute atomic E-state index is 0.0500. The van der Waals surface area contributed by atoms with Crippen LogP contribution in [0.3, 0.4) is 0 Å². The molecular formula is C27H34FN5O3. The highest BCUT2D eigenvalue weighted by molar-refractivity contribution is 6.01. The summed E-state index contributed by atoms with van der Waals surface area (Å²) in [4.78, 5) is 24.6. The van der Waals surface area contributed by atoms with Crippen LogP contribution in [0.25, 0.3) is 0 Å². The fourth-order valence-corrected chi connectivity index (χ4v) is 3.76. The number of nitrogen functional groups attached to an aromatic ring is 1. The Morgan fingerprint density at radius 1 is 1.28 bits per heavy atom. The predicted octanol–water partition coefficient (Wildman–Crippen LogP) is 4.01. The van der Waals surface area contributed by atoms with Crippen molar-refractivity contribution >= 4 is 23.7 Å². The lowest BCUT2D eigenvalue weighted by Crippen LogP contribution is -2.27. The lowest BCUT2D eigenvalue weighted by atomic mass is 9.93. The van der Waals surface area contributed by atoms with Crippen LogP contribution >= 0.6 is 0 Å². The van der Waals surface area contributed by atoms with E-state index in [2.05, 4.69) is 17.1 Å². The molecule has 0 radical (unpaired) electrons. The summed E-state index contributed by atoms with van der Waals surface area (Å²) in [6.45, 7) is 6.80. The average Bonchev–Trinajstić information content (AvgIpc) is 3.35. The summed E-state index contributed by atoms with van der Waals surface area (Å²) in [7, 11) is 1.66. The zero-order chi connectivity index (χ0) is 26.5. The predicted molar refractivity (Wildman–Crippen MR) is 141 cm³/mol. The number of ether oxygens (including phenoxy) is 1. The summed E-state index contributed by atoms with van der Waals surface area (Å²) < 4.78 is 18.5. The van der Waals surface area contributed by atoms with E-state index in [0.717, 1.165) is 18.3 Å². The molecule has 2 aromatic rings. The summed E-state index contributed by atoms with van der Waals surface area (Å²) in [5.41, 5.74) is 16.2. The fraction of sp³-hybridized carbons (Fsp3) is 0.296. The Hall–Kier alpha value is -4.14. The first kappa shape index (κ1) is 28.1. The van der Waals surface area contributed by atoms with Gasteiger partial charge >= 0.3 is 0 Å². The van der Waals surface area contributed by atoms with Gasteiger partial charge in [0.1, 0.15) is 17.9 Å². The first-order valence-corrected chi connectivity index (χ1v) is 11.7. The standard InChI is InChI=1S/C15H24N4O2.C12H10FNO/c1-4-12(10-20)13(15(16)18-17-3)8-11-6-7-19(9-11)14(21)5-2;13-11-3-1-2-4-12(11)15-10-7-5-9(14)6-8-10/h5,10-11,17H,2,4,6-9H2,1,3H3,(H2,16,18);1-8H,14H2/b13-12-;/t11-;/m1./s1. The fourth-order valence-electron chi connectivity index (χ4n) is 3.76. The Kier molecular flexibility index (Phi) is 11.2. The number of aldehydes is 1. The van der Waals surface area contributed by atoms with Crippen molar-refractivity contribution in [3.63, 3.8) is 0 Å². The average molecular weight is 496 g/mol. The van der Waals surface area contributed by atoms with Crippen LogP contribution in [0.4, 0.5) is 10.1 Å². The van der Waals surface area contributed by atoms with Crippen molar-refractivity contribution in [3.05, 3.63) is 78.1 Å². The molecule has 0 spiro atoms. The van der Waals surface area contributed by atoms with Gasteiger partial charge in [-0.2, -0.15) is 5.10 Å². The molecular weight excluding hydrogens is 461 g/mol. The number of likely N-dealkylation sites (tertiary alicyclic amines) is 1. The number of nitrogens with zero attached hydrogens (tertiary/aromatic N) is 2. The lowest BCUT2D eigenvalue weighted by molar-refractivity contribution is -0.125. The van der Waals surface area contributed by atoms with Crippen molar-refractivity contribution in [1.29, 1.82) is 0 Å². The first-order chi connectivity index (χ1) is 17.3. The number of anilines is 1. The Bertz CT molecular complexity index is 1100. The third-order valence-corrected chi connectivity index (χ3v) is 5.66. The van der Waals surface area contributed by atoms with E-state index >= 15 is 0 Å². The van der Waals surface area contributed by atoms with Crippen molar-refractivity contribution in [2.75, 3.05) is 25.9 Å². The number of carbonyl (C=O) groups excluding carboxylic acids is 2. The highest BCUT2D eigenvalue weighted by Gasteiger charge is 2.27. The van der Waals surface area contributed by atoms with Crippen molar-refractivity contribution in [3.8, 4) is 11.5 Å². The molecule has 1 fully saturated rings. The second-order valence-corrected chi connectivity index (χ2v) is 8.14. The van der Waals surface area contributed by atoms with Gasteiger partial charge in [0, 0.05) is 31.4 Å². The van der Waals surface area contributed by atoms with Gasteiger partial charge < -0.3 is 26.5 Å². The molecule has 0 saturated carbocycles. The van der Waals surface area contributed by atoms with Crippen LogP contribution in [0.1, 0.15) is 26.2 Å². The number of hydrogen-bond donors (Lipinski definition) is 3. The van der Waals surface area contributed by atoms with Gasteiger partial charge in [0.25, 0.3) is 0 Å². The Morgan fingerprint density at radius 2 is 1.97 bits per heavy atom. The van der Waals surface area contributed by atoms with Gasteiger partial charge in [0.15, 0.2) is 11.6 Å². The summed E-state index contributed by atoms with van der Waals surface area (Å²) in [5, 5.41) is 3.99.